The van der Waals surface area contributed by atoms with Gasteiger partial charge in [0.15, 0.2) is 0 Å². The number of pyridine rings is 1. The first-order valence-electron chi connectivity index (χ1n) is 7.66. The van der Waals surface area contributed by atoms with Gasteiger partial charge in [0.25, 0.3) is 0 Å². The molecular formula is C18H22FN3O. The van der Waals surface area contributed by atoms with Gasteiger partial charge in [0.1, 0.15) is 11.9 Å². The highest BCUT2D eigenvalue weighted by atomic mass is 19.1. The van der Waals surface area contributed by atoms with Gasteiger partial charge < -0.3 is 5.32 Å². The smallest absolute Gasteiger partial charge is 0.241 e. The maximum Gasteiger partial charge on any atom is 0.241 e. The number of carbonyl (C=O) groups excluding carboxylic acids is 1. The third-order valence-corrected chi connectivity index (χ3v) is 3.61. The maximum absolute atomic E-state index is 13.0. The molecule has 0 radical (unpaired) electrons. The fraction of sp³-hybridized carbons (Fsp3) is 0.333. The molecule has 0 saturated heterocycles. The number of nitrogens with one attached hydrogen (secondary N) is 1. The van der Waals surface area contributed by atoms with Crippen molar-refractivity contribution in [2.45, 2.75) is 18.9 Å². The van der Waals surface area contributed by atoms with Crippen LogP contribution in [0.1, 0.15) is 23.6 Å². The van der Waals surface area contributed by atoms with Crippen molar-refractivity contribution < 1.29 is 9.18 Å². The van der Waals surface area contributed by atoms with Crippen molar-refractivity contribution in [1.82, 2.24) is 15.2 Å². The minimum Gasteiger partial charge on any atom is -0.354 e. The van der Waals surface area contributed by atoms with Crippen LogP contribution < -0.4 is 5.32 Å². The lowest BCUT2D eigenvalue weighted by Gasteiger charge is -2.23. The van der Waals surface area contributed by atoms with Gasteiger partial charge in [-0.15, -0.1) is 0 Å². The van der Waals surface area contributed by atoms with Crippen LogP contribution in [0.3, 0.4) is 0 Å². The normalized spacial score (nSPS) is 12.2. The van der Waals surface area contributed by atoms with Crippen molar-refractivity contribution in [2.75, 3.05) is 20.6 Å². The predicted molar refractivity (Wildman–Crippen MR) is 88.4 cm³/mol. The second-order valence-electron chi connectivity index (χ2n) is 5.67. The van der Waals surface area contributed by atoms with E-state index in [2.05, 4.69) is 10.3 Å². The van der Waals surface area contributed by atoms with Crippen molar-refractivity contribution in [3.05, 3.63) is 65.7 Å². The molecule has 1 heterocycles. The van der Waals surface area contributed by atoms with E-state index < -0.39 is 6.04 Å². The molecule has 0 aliphatic heterocycles. The molecule has 1 amide bonds. The van der Waals surface area contributed by atoms with E-state index in [0.717, 1.165) is 24.0 Å². The average molecular weight is 315 g/mol. The SMILES string of the molecule is CN(C)[C@H](C(=O)NCCCc1cccnc1)c1ccc(F)cc1. The highest BCUT2D eigenvalue weighted by molar-refractivity contribution is 5.83. The highest BCUT2D eigenvalue weighted by Crippen LogP contribution is 2.18. The summed E-state index contributed by atoms with van der Waals surface area (Å²) in [5, 5.41) is 2.95. The number of carbonyl (C=O) groups is 1. The van der Waals surface area contributed by atoms with Crippen molar-refractivity contribution >= 4 is 5.91 Å². The van der Waals surface area contributed by atoms with Gasteiger partial charge in [-0.05, 0) is 56.3 Å². The van der Waals surface area contributed by atoms with Crippen LogP contribution in [0.25, 0.3) is 0 Å². The number of halogens is 1. The number of nitrogens with zero attached hydrogens (tertiary/aromatic N) is 2. The van der Waals surface area contributed by atoms with E-state index in [9.17, 15) is 9.18 Å². The van der Waals surface area contributed by atoms with Crippen molar-refractivity contribution in [3.8, 4) is 0 Å². The molecule has 23 heavy (non-hydrogen) atoms. The van der Waals surface area contributed by atoms with Crippen LogP contribution in [0, 0.1) is 5.82 Å². The monoisotopic (exact) mass is 315 g/mol. The van der Waals surface area contributed by atoms with Crippen LogP contribution >= 0.6 is 0 Å². The average Bonchev–Trinajstić information content (AvgIpc) is 2.54. The third kappa shape index (κ3) is 5.14. The Bertz CT molecular complexity index is 614. The third-order valence-electron chi connectivity index (χ3n) is 3.61. The fourth-order valence-corrected chi connectivity index (χ4v) is 2.48. The molecule has 0 spiro atoms. The number of benzene rings is 1. The first kappa shape index (κ1) is 17.1. The summed E-state index contributed by atoms with van der Waals surface area (Å²) in [5.74, 6) is -0.379. The van der Waals surface area contributed by atoms with Crippen molar-refractivity contribution in [1.29, 1.82) is 0 Å². The lowest BCUT2D eigenvalue weighted by molar-refractivity contribution is -0.125. The van der Waals surface area contributed by atoms with E-state index >= 15 is 0 Å². The standard InChI is InChI=1S/C18H22FN3O/c1-22(2)17(15-7-9-16(19)10-8-15)18(23)21-12-4-6-14-5-3-11-20-13-14/h3,5,7-11,13,17H,4,6,12H2,1-2H3,(H,21,23)/t17-/m0/s1. The van der Waals surface area contributed by atoms with Gasteiger partial charge in [-0.1, -0.05) is 18.2 Å². The lowest BCUT2D eigenvalue weighted by Crippen LogP contribution is -2.37. The zero-order valence-corrected chi connectivity index (χ0v) is 13.5. The summed E-state index contributed by atoms with van der Waals surface area (Å²) in [7, 11) is 3.67. The van der Waals surface area contributed by atoms with Crippen LogP contribution in [0.15, 0.2) is 48.8 Å². The number of hydrogen-bond acceptors (Lipinski definition) is 3. The number of likely N-dealkylation sites (N-methyl/N-ethyl adjacent to an activating group) is 1. The first-order valence-corrected chi connectivity index (χ1v) is 7.66. The van der Waals surface area contributed by atoms with Crippen LogP contribution in [0.5, 0.6) is 0 Å². The van der Waals surface area contributed by atoms with Crippen LogP contribution in [0.2, 0.25) is 0 Å². The summed E-state index contributed by atoms with van der Waals surface area (Å²) in [6, 6.07) is 9.56. The van der Waals surface area contributed by atoms with E-state index in [1.807, 2.05) is 37.3 Å². The molecule has 0 bridgehead atoms. The van der Waals surface area contributed by atoms with Gasteiger partial charge in [0.2, 0.25) is 5.91 Å². The molecule has 1 atom stereocenters. The molecule has 4 nitrogen and oxygen atoms in total. The molecule has 0 unspecified atom stereocenters. The van der Waals surface area contributed by atoms with E-state index in [4.69, 9.17) is 0 Å². The van der Waals surface area contributed by atoms with Gasteiger partial charge in [-0.2, -0.15) is 0 Å². The zero-order valence-electron chi connectivity index (χ0n) is 13.5. The number of amides is 1. The largest absolute Gasteiger partial charge is 0.354 e. The molecule has 1 aromatic heterocycles. The Hall–Kier alpha value is -2.27. The summed E-state index contributed by atoms with van der Waals surface area (Å²) in [6.45, 7) is 0.596. The molecule has 2 aromatic rings. The summed E-state index contributed by atoms with van der Waals surface area (Å²) in [4.78, 5) is 18.3. The van der Waals surface area contributed by atoms with Gasteiger partial charge in [0.05, 0.1) is 0 Å². The Labute approximate surface area is 136 Å². The molecule has 122 valence electrons. The van der Waals surface area contributed by atoms with Crippen molar-refractivity contribution in [3.63, 3.8) is 0 Å². The number of aryl methyl sites for hydroxylation is 1. The summed E-state index contributed by atoms with van der Waals surface area (Å²) >= 11 is 0. The topological polar surface area (TPSA) is 45.2 Å². The molecule has 0 aliphatic rings. The van der Waals surface area contributed by atoms with Crippen LogP contribution in [-0.2, 0) is 11.2 Å². The minimum absolute atomic E-state index is 0.0761. The van der Waals surface area contributed by atoms with E-state index in [1.165, 1.54) is 12.1 Å². The Balaban J connectivity index is 1.87. The van der Waals surface area contributed by atoms with E-state index in [1.54, 1.807) is 18.3 Å². The quantitative estimate of drug-likeness (QED) is 0.799. The number of hydrogen-bond donors (Lipinski definition) is 1. The predicted octanol–water partition coefficient (Wildman–Crippen LogP) is 2.57. The van der Waals surface area contributed by atoms with Crippen LogP contribution in [-0.4, -0.2) is 36.4 Å². The molecular weight excluding hydrogens is 293 g/mol. The molecule has 0 saturated carbocycles. The second-order valence-corrected chi connectivity index (χ2v) is 5.67. The molecule has 0 aliphatic carbocycles. The zero-order chi connectivity index (χ0) is 16.7. The Kier molecular flexibility index (Phi) is 6.23. The van der Waals surface area contributed by atoms with Gasteiger partial charge in [-0.25, -0.2) is 4.39 Å². The van der Waals surface area contributed by atoms with E-state index in [0.29, 0.717) is 6.54 Å². The minimum atomic E-state index is -0.422. The molecule has 1 aromatic carbocycles. The molecule has 5 heteroatoms. The summed E-state index contributed by atoms with van der Waals surface area (Å²) < 4.78 is 13.0. The Morgan fingerprint density at radius 2 is 2.00 bits per heavy atom. The summed E-state index contributed by atoms with van der Waals surface area (Å²) in [5.41, 5.74) is 1.94. The van der Waals surface area contributed by atoms with Gasteiger partial charge in [0, 0.05) is 18.9 Å². The number of rotatable bonds is 7. The highest BCUT2D eigenvalue weighted by Gasteiger charge is 2.22. The van der Waals surface area contributed by atoms with Crippen LogP contribution in [0.4, 0.5) is 4.39 Å². The second kappa shape index (κ2) is 8.39. The summed E-state index contributed by atoms with van der Waals surface area (Å²) in [6.07, 6.45) is 5.30. The Morgan fingerprint density at radius 1 is 1.26 bits per heavy atom. The fourth-order valence-electron chi connectivity index (χ4n) is 2.48. The van der Waals surface area contributed by atoms with Crippen molar-refractivity contribution in [2.24, 2.45) is 0 Å². The molecule has 1 N–H and O–H groups in total. The lowest BCUT2D eigenvalue weighted by atomic mass is 10.0. The first-order chi connectivity index (χ1) is 11.1. The molecule has 2 rings (SSSR count). The Morgan fingerprint density at radius 3 is 2.61 bits per heavy atom. The maximum atomic E-state index is 13.0. The molecule has 0 fully saturated rings. The van der Waals surface area contributed by atoms with Gasteiger partial charge >= 0.3 is 0 Å². The number of aromatic nitrogens is 1. The van der Waals surface area contributed by atoms with E-state index in [-0.39, 0.29) is 11.7 Å². The van der Waals surface area contributed by atoms with Gasteiger partial charge in [-0.3, -0.25) is 14.7 Å².